The van der Waals surface area contributed by atoms with Crippen LogP contribution in [0.25, 0.3) is 0 Å². The molecule has 1 saturated heterocycles. The van der Waals surface area contributed by atoms with Crippen LogP contribution >= 0.6 is 0 Å². The Balaban J connectivity index is 1.66. The van der Waals surface area contributed by atoms with Gasteiger partial charge in [0.15, 0.2) is 6.10 Å². The Labute approximate surface area is 162 Å². The van der Waals surface area contributed by atoms with E-state index >= 15 is 0 Å². The van der Waals surface area contributed by atoms with E-state index in [9.17, 15) is 14.4 Å². The minimum Gasteiger partial charge on any atom is -0.449 e. The summed E-state index contributed by atoms with van der Waals surface area (Å²) in [5.41, 5.74) is 1.57. The van der Waals surface area contributed by atoms with Crippen molar-refractivity contribution in [1.82, 2.24) is 0 Å². The van der Waals surface area contributed by atoms with Crippen LogP contribution in [0.4, 0.5) is 11.4 Å². The smallest absolute Gasteiger partial charge is 0.338 e. The monoisotopic (exact) mass is 377 g/mol. The first-order valence-electron chi connectivity index (χ1n) is 8.91. The molecule has 0 bridgehead atoms. The van der Waals surface area contributed by atoms with Gasteiger partial charge >= 0.3 is 5.97 Å². The van der Waals surface area contributed by atoms with E-state index in [1.165, 1.54) is 6.92 Å². The molecule has 1 fully saturated rings. The summed E-state index contributed by atoms with van der Waals surface area (Å²) in [5, 5.41) is 11.7. The molecule has 142 valence electrons. The maximum atomic E-state index is 12.4. The van der Waals surface area contributed by atoms with E-state index in [1.807, 2.05) is 6.07 Å². The SMILES string of the molecule is C[C@@H](OC(=O)c1cccc(N2CCCC2=O)c1)C(=O)Nc1ccccc1C#N. The van der Waals surface area contributed by atoms with Crippen LogP contribution in [-0.4, -0.2) is 30.4 Å². The standard InChI is InChI=1S/C21H19N3O4/c1-14(20(26)23-18-9-3-2-6-16(18)13-22)28-21(27)15-7-4-8-17(12-15)24-11-5-10-19(24)25/h2-4,6-9,12,14H,5,10-11H2,1H3,(H,23,26)/t14-/m1/s1. The van der Waals surface area contributed by atoms with Crippen molar-refractivity contribution >= 4 is 29.2 Å². The number of rotatable bonds is 5. The van der Waals surface area contributed by atoms with Gasteiger partial charge in [-0.1, -0.05) is 18.2 Å². The number of ether oxygens (including phenoxy) is 1. The lowest BCUT2D eigenvalue weighted by molar-refractivity contribution is -0.123. The Morgan fingerprint density at radius 3 is 2.71 bits per heavy atom. The summed E-state index contributed by atoms with van der Waals surface area (Å²) < 4.78 is 5.25. The first kappa shape index (κ1) is 19.1. The molecule has 0 unspecified atom stereocenters. The average Bonchev–Trinajstić information content (AvgIpc) is 3.14. The zero-order valence-electron chi connectivity index (χ0n) is 15.3. The van der Waals surface area contributed by atoms with Crippen molar-refractivity contribution in [3.05, 3.63) is 59.7 Å². The number of amides is 2. The Morgan fingerprint density at radius 1 is 1.21 bits per heavy atom. The summed E-state index contributed by atoms with van der Waals surface area (Å²) in [6, 6.07) is 15.1. The Bertz CT molecular complexity index is 964. The molecule has 1 N–H and O–H groups in total. The van der Waals surface area contributed by atoms with E-state index in [0.29, 0.717) is 29.9 Å². The van der Waals surface area contributed by atoms with Crippen molar-refractivity contribution in [1.29, 1.82) is 5.26 Å². The molecule has 1 atom stereocenters. The van der Waals surface area contributed by atoms with Gasteiger partial charge in [0.25, 0.3) is 5.91 Å². The molecule has 1 aliphatic heterocycles. The van der Waals surface area contributed by atoms with Crippen LogP contribution in [0.15, 0.2) is 48.5 Å². The highest BCUT2D eigenvalue weighted by Gasteiger charge is 2.24. The molecular formula is C21H19N3O4. The summed E-state index contributed by atoms with van der Waals surface area (Å²) in [6.45, 7) is 2.07. The quantitative estimate of drug-likeness (QED) is 0.808. The maximum absolute atomic E-state index is 12.4. The third-order valence-electron chi connectivity index (χ3n) is 4.43. The highest BCUT2D eigenvalue weighted by Crippen LogP contribution is 2.23. The Morgan fingerprint density at radius 2 is 2.00 bits per heavy atom. The predicted molar refractivity (Wildman–Crippen MR) is 103 cm³/mol. The Hall–Kier alpha value is -3.66. The molecule has 28 heavy (non-hydrogen) atoms. The summed E-state index contributed by atoms with van der Waals surface area (Å²) in [6.07, 6.45) is 0.224. The molecule has 0 aliphatic carbocycles. The Kier molecular flexibility index (Phi) is 5.70. The summed E-state index contributed by atoms with van der Waals surface area (Å²) in [4.78, 5) is 38.3. The van der Waals surface area contributed by atoms with Crippen LogP contribution in [0, 0.1) is 11.3 Å². The lowest BCUT2D eigenvalue weighted by Crippen LogP contribution is -2.30. The number of nitrogens with one attached hydrogen (secondary N) is 1. The molecule has 1 aliphatic rings. The van der Waals surface area contributed by atoms with E-state index in [2.05, 4.69) is 5.32 Å². The van der Waals surface area contributed by atoms with Crippen molar-refractivity contribution < 1.29 is 19.1 Å². The second-order valence-corrected chi connectivity index (χ2v) is 6.39. The minimum atomic E-state index is -1.06. The van der Waals surface area contributed by atoms with Crippen LogP contribution in [0.3, 0.4) is 0 Å². The molecule has 0 spiro atoms. The number of nitrogens with zero attached hydrogens (tertiary/aromatic N) is 2. The highest BCUT2D eigenvalue weighted by atomic mass is 16.5. The van der Waals surface area contributed by atoms with E-state index < -0.39 is 18.0 Å². The van der Waals surface area contributed by atoms with Crippen LogP contribution in [0.1, 0.15) is 35.7 Å². The number of hydrogen-bond donors (Lipinski definition) is 1. The average molecular weight is 377 g/mol. The van der Waals surface area contributed by atoms with E-state index in [4.69, 9.17) is 10.00 Å². The van der Waals surface area contributed by atoms with E-state index in [0.717, 1.165) is 6.42 Å². The van der Waals surface area contributed by atoms with Gasteiger partial charge in [0.05, 0.1) is 16.8 Å². The van der Waals surface area contributed by atoms with Gasteiger partial charge in [0.2, 0.25) is 5.91 Å². The van der Waals surface area contributed by atoms with Crippen LogP contribution in [0.5, 0.6) is 0 Å². The molecule has 0 aromatic heterocycles. The van der Waals surface area contributed by atoms with Gasteiger partial charge in [0, 0.05) is 18.7 Å². The first-order chi connectivity index (χ1) is 13.5. The maximum Gasteiger partial charge on any atom is 0.338 e. The number of carbonyl (C=O) groups excluding carboxylic acids is 3. The fourth-order valence-electron chi connectivity index (χ4n) is 2.93. The third kappa shape index (κ3) is 4.18. The van der Waals surface area contributed by atoms with Crippen molar-refractivity contribution in [2.75, 3.05) is 16.8 Å². The zero-order chi connectivity index (χ0) is 20.1. The molecule has 7 nitrogen and oxygen atoms in total. The number of nitriles is 1. The van der Waals surface area contributed by atoms with Crippen molar-refractivity contribution in [2.24, 2.45) is 0 Å². The van der Waals surface area contributed by atoms with Gasteiger partial charge in [-0.25, -0.2) is 4.79 Å². The largest absolute Gasteiger partial charge is 0.449 e. The van der Waals surface area contributed by atoms with Gasteiger partial charge in [-0.15, -0.1) is 0 Å². The predicted octanol–water partition coefficient (Wildman–Crippen LogP) is 2.87. The highest BCUT2D eigenvalue weighted by molar-refractivity contribution is 5.99. The van der Waals surface area contributed by atoms with Crippen LogP contribution in [-0.2, 0) is 14.3 Å². The normalized spacial score (nSPS) is 14.3. The molecule has 0 saturated carbocycles. The van der Waals surface area contributed by atoms with Crippen LogP contribution in [0.2, 0.25) is 0 Å². The molecule has 2 amide bonds. The van der Waals surface area contributed by atoms with Gasteiger partial charge < -0.3 is 15.0 Å². The lowest BCUT2D eigenvalue weighted by atomic mass is 10.2. The van der Waals surface area contributed by atoms with Crippen molar-refractivity contribution in [3.63, 3.8) is 0 Å². The first-order valence-corrected chi connectivity index (χ1v) is 8.91. The minimum absolute atomic E-state index is 0.0226. The zero-order valence-corrected chi connectivity index (χ0v) is 15.3. The number of benzene rings is 2. The number of carbonyl (C=O) groups is 3. The molecule has 2 aromatic rings. The summed E-state index contributed by atoms with van der Waals surface area (Å²) in [7, 11) is 0. The van der Waals surface area contributed by atoms with Crippen molar-refractivity contribution in [2.45, 2.75) is 25.9 Å². The van der Waals surface area contributed by atoms with Crippen LogP contribution < -0.4 is 10.2 Å². The second kappa shape index (κ2) is 8.35. The fraction of sp³-hybridized carbons (Fsp3) is 0.238. The van der Waals surface area contributed by atoms with Gasteiger partial charge in [0.1, 0.15) is 6.07 Å². The molecule has 3 rings (SSSR count). The number of hydrogen-bond acceptors (Lipinski definition) is 5. The molecular weight excluding hydrogens is 358 g/mol. The molecule has 1 heterocycles. The van der Waals surface area contributed by atoms with E-state index in [1.54, 1.807) is 53.4 Å². The van der Waals surface area contributed by atoms with Gasteiger partial charge in [-0.2, -0.15) is 5.26 Å². The molecule has 7 heteroatoms. The second-order valence-electron chi connectivity index (χ2n) is 6.39. The molecule has 0 radical (unpaired) electrons. The topological polar surface area (TPSA) is 99.5 Å². The van der Waals surface area contributed by atoms with Crippen molar-refractivity contribution in [3.8, 4) is 6.07 Å². The van der Waals surface area contributed by atoms with Gasteiger partial charge in [-0.05, 0) is 43.7 Å². The third-order valence-corrected chi connectivity index (χ3v) is 4.43. The van der Waals surface area contributed by atoms with E-state index in [-0.39, 0.29) is 11.5 Å². The fourth-order valence-corrected chi connectivity index (χ4v) is 2.93. The summed E-state index contributed by atoms with van der Waals surface area (Å²) in [5.74, 6) is -1.18. The summed E-state index contributed by atoms with van der Waals surface area (Å²) >= 11 is 0. The number of para-hydroxylation sites is 1. The van der Waals surface area contributed by atoms with Gasteiger partial charge in [-0.3, -0.25) is 9.59 Å². The number of esters is 1. The lowest BCUT2D eigenvalue weighted by Gasteiger charge is -2.17. The number of anilines is 2. The molecule has 2 aromatic carbocycles.